The van der Waals surface area contributed by atoms with Gasteiger partial charge in [0.1, 0.15) is 5.57 Å². The van der Waals surface area contributed by atoms with E-state index in [4.69, 9.17) is 21.1 Å². The molecule has 1 aliphatic heterocycles. The Hall–Kier alpha value is -3.32. The smallest absolute Gasteiger partial charge is 0.335 e. The molecule has 0 saturated carbocycles. The molecule has 2 aromatic rings. The number of barbiturate groups is 1. The predicted octanol–water partition coefficient (Wildman–Crippen LogP) is 4.81. The van der Waals surface area contributed by atoms with E-state index in [1.807, 2.05) is 39.8 Å². The van der Waals surface area contributed by atoms with Gasteiger partial charge in [0.05, 0.1) is 23.4 Å². The fraction of sp³-hybridized carbons (Fsp3) is 0.292. The summed E-state index contributed by atoms with van der Waals surface area (Å²) in [5, 5.41) is 2.52. The number of ether oxygens (including phenoxy) is 2. The zero-order valence-electron chi connectivity index (χ0n) is 18.6. The van der Waals surface area contributed by atoms with Gasteiger partial charge in [0, 0.05) is 0 Å². The van der Waals surface area contributed by atoms with E-state index in [-0.39, 0.29) is 16.7 Å². The molecule has 0 aromatic heterocycles. The summed E-state index contributed by atoms with van der Waals surface area (Å²) in [6.45, 7) is 9.58. The third-order valence-corrected chi connectivity index (χ3v) is 4.98. The molecule has 0 unspecified atom stereocenters. The lowest BCUT2D eigenvalue weighted by molar-refractivity contribution is -0.122. The number of hydrogen-bond donors (Lipinski definition) is 1. The van der Waals surface area contributed by atoms with Crippen molar-refractivity contribution < 1.29 is 23.9 Å². The number of halogens is 1. The van der Waals surface area contributed by atoms with Crippen molar-refractivity contribution in [2.45, 2.75) is 40.7 Å². The number of nitrogens with zero attached hydrogens (tertiary/aromatic N) is 1. The average Bonchev–Trinajstić information content (AvgIpc) is 2.70. The summed E-state index contributed by atoms with van der Waals surface area (Å²) in [6, 6.07) is 7.84. The first kappa shape index (κ1) is 23.3. The lowest BCUT2D eigenvalue weighted by Crippen LogP contribution is -2.54. The number of urea groups is 1. The van der Waals surface area contributed by atoms with Crippen LogP contribution in [-0.2, 0) is 9.59 Å². The molecule has 0 aliphatic carbocycles. The maximum Gasteiger partial charge on any atom is 0.335 e. The van der Waals surface area contributed by atoms with Gasteiger partial charge in [-0.3, -0.25) is 14.9 Å². The van der Waals surface area contributed by atoms with Crippen molar-refractivity contribution in [3.63, 3.8) is 0 Å². The monoisotopic (exact) mass is 456 g/mol. The lowest BCUT2D eigenvalue weighted by atomic mass is 10.0. The summed E-state index contributed by atoms with van der Waals surface area (Å²) in [5.74, 6) is -0.717. The Bertz CT molecular complexity index is 1120. The molecule has 4 amide bonds. The van der Waals surface area contributed by atoms with Crippen LogP contribution in [0.3, 0.4) is 0 Å². The van der Waals surface area contributed by atoms with Crippen LogP contribution in [0.1, 0.15) is 37.5 Å². The highest BCUT2D eigenvalue weighted by molar-refractivity contribution is 6.39. The van der Waals surface area contributed by atoms with Gasteiger partial charge in [0.2, 0.25) is 0 Å². The van der Waals surface area contributed by atoms with Crippen LogP contribution >= 0.6 is 11.6 Å². The van der Waals surface area contributed by atoms with Gasteiger partial charge < -0.3 is 9.47 Å². The minimum Gasteiger partial charge on any atom is -0.490 e. The van der Waals surface area contributed by atoms with Crippen LogP contribution in [-0.4, -0.2) is 30.6 Å². The zero-order chi connectivity index (χ0) is 23.6. The number of rotatable bonds is 6. The third kappa shape index (κ3) is 4.78. The summed E-state index contributed by atoms with van der Waals surface area (Å²) < 4.78 is 11.4. The molecule has 0 bridgehead atoms. The first-order valence-electron chi connectivity index (χ1n) is 10.2. The molecule has 168 valence electrons. The van der Waals surface area contributed by atoms with E-state index in [0.29, 0.717) is 29.4 Å². The maximum atomic E-state index is 13.2. The van der Waals surface area contributed by atoms with Crippen LogP contribution in [0.4, 0.5) is 10.5 Å². The van der Waals surface area contributed by atoms with Crippen molar-refractivity contribution in [2.24, 2.45) is 0 Å². The molecule has 3 rings (SSSR count). The predicted molar refractivity (Wildman–Crippen MR) is 123 cm³/mol. The Morgan fingerprint density at radius 2 is 1.84 bits per heavy atom. The number of aryl methyl sites for hydroxylation is 2. The first-order valence-corrected chi connectivity index (χ1v) is 10.6. The molecular weight excluding hydrogens is 432 g/mol. The summed E-state index contributed by atoms with van der Waals surface area (Å²) in [6.07, 6.45) is 1.26. The molecule has 1 aliphatic rings. The second kappa shape index (κ2) is 9.44. The molecule has 0 radical (unpaired) electrons. The van der Waals surface area contributed by atoms with E-state index in [2.05, 4.69) is 5.32 Å². The van der Waals surface area contributed by atoms with Gasteiger partial charge in [0.15, 0.2) is 11.5 Å². The van der Waals surface area contributed by atoms with E-state index in [9.17, 15) is 14.4 Å². The molecule has 7 nitrogen and oxygen atoms in total. The Balaban J connectivity index is 2.07. The highest BCUT2D eigenvalue weighted by Gasteiger charge is 2.37. The van der Waals surface area contributed by atoms with Gasteiger partial charge in [-0.1, -0.05) is 23.7 Å². The second-order valence-corrected chi connectivity index (χ2v) is 8.08. The number of carbonyl (C=O) groups excluding carboxylic acids is 3. The maximum absolute atomic E-state index is 13.2. The number of carbonyl (C=O) groups is 3. The van der Waals surface area contributed by atoms with Gasteiger partial charge in [-0.25, -0.2) is 9.69 Å². The Morgan fingerprint density at radius 3 is 2.50 bits per heavy atom. The number of imide groups is 2. The second-order valence-electron chi connectivity index (χ2n) is 7.68. The van der Waals surface area contributed by atoms with E-state index in [1.54, 1.807) is 25.1 Å². The Labute approximate surface area is 191 Å². The number of benzene rings is 2. The fourth-order valence-corrected chi connectivity index (χ4v) is 3.55. The van der Waals surface area contributed by atoms with Gasteiger partial charge in [-0.15, -0.1) is 0 Å². The Kier molecular flexibility index (Phi) is 6.89. The van der Waals surface area contributed by atoms with Crippen molar-refractivity contribution in [3.8, 4) is 11.5 Å². The molecule has 1 saturated heterocycles. The van der Waals surface area contributed by atoms with Crippen molar-refractivity contribution in [1.29, 1.82) is 0 Å². The molecular formula is C24H25ClN2O5. The Morgan fingerprint density at radius 1 is 1.12 bits per heavy atom. The lowest BCUT2D eigenvalue weighted by Gasteiger charge is -2.28. The molecule has 0 atom stereocenters. The number of hydrogen-bond acceptors (Lipinski definition) is 5. The topological polar surface area (TPSA) is 84.9 Å². The molecule has 1 fully saturated rings. The highest BCUT2D eigenvalue weighted by atomic mass is 35.5. The molecule has 8 heteroatoms. The van der Waals surface area contributed by atoms with E-state index < -0.39 is 17.8 Å². The van der Waals surface area contributed by atoms with Crippen LogP contribution in [0.2, 0.25) is 5.02 Å². The molecule has 1 N–H and O–H groups in total. The van der Waals surface area contributed by atoms with Crippen molar-refractivity contribution >= 4 is 41.2 Å². The number of nitrogens with one attached hydrogen (secondary N) is 1. The van der Waals surface area contributed by atoms with Gasteiger partial charge in [-0.2, -0.15) is 0 Å². The van der Waals surface area contributed by atoms with Gasteiger partial charge in [-0.05, 0) is 75.6 Å². The third-order valence-electron chi connectivity index (χ3n) is 4.70. The molecule has 2 aromatic carbocycles. The van der Waals surface area contributed by atoms with Crippen molar-refractivity contribution in [1.82, 2.24) is 5.32 Å². The molecule has 0 spiro atoms. The van der Waals surface area contributed by atoms with Crippen LogP contribution < -0.4 is 19.7 Å². The number of amides is 4. The summed E-state index contributed by atoms with van der Waals surface area (Å²) in [7, 11) is 0. The number of anilines is 1. The minimum absolute atomic E-state index is 0.126. The fourth-order valence-electron chi connectivity index (χ4n) is 3.29. The summed E-state index contributed by atoms with van der Waals surface area (Å²) in [5.41, 5.74) is 2.29. The van der Waals surface area contributed by atoms with Gasteiger partial charge in [0.25, 0.3) is 11.8 Å². The summed E-state index contributed by atoms with van der Waals surface area (Å²) in [4.78, 5) is 39.2. The normalized spacial score (nSPS) is 15.4. The van der Waals surface area contributed by atoms with Crippen molar-refractivity contribution in [3.05, 3.63) is 57.6 Å². The highest BCUT2D eigenvalue weighted by Crippen LogP contribution is 2.38. The SMILES string of the molecule is CCOc1cc(/C=C2\C(=O)NC(=O)N(c3cc(C)ccc3C)C2=O)cc(Cl)c1OC(C)C. The zero-order valence-corrected chi connectivity index (χ0v) is 19.4. The van der Waals surface area contributed by atoms with E-state index in [0.717, 1.165) is 16.0 Å². The minimum atomic E-state index is -0.792. The largest absolute Gasteiger partial charge is 0.490 e. The van der Waals surface area contributed by atoms with E-state index in [1.165, 1.54) is 6.08 Å². The molecule has 1 heterocycles. The average molecular weight is 457 g/mol. The molecule has 32 heavy (non-hydrogen) atoms. The van der Waals surface area contributed by atoms with Crippen LogP contribution in [0.15, 0.2) is 35.9 Å². The quantitative estimate of drug-likeness (QED) is 0.498. The van der Waals surface area contributed by atoms with Crippen molar-refractivity contribution in [2.75, 3.05) is 11.5 Å². The summed E-state index contributed by atoms with van der Waals surface area (Å²) >= 11 is 6.41. The van der Waals surface area contributed by atoms with Crippen LogP contribution in [0.25, 0.3) is 6.08 Å². The first-order chi connectivity index (χ1) is 15.1. The van der Waals surface area contributed by atoms with Crippen LogP contribution in [0.5, 0.6) is 11.5 Å². The van der Waals surface area contributed by atoms with Crippen LogP contribution in [0, 0.1) is 13.8 Å². The van der Waals surface area contributed by atoms with Gasteiger partial charge >= 0.3 is 6.03 Å². The van der Waals surface area contributed by atoms with E-state index >= 15 is 0 Å². The standard InChI is InChI=1S/C24H25ClN2O5/c1-6-31-20-12-16(11-18(25)21(20)32-13(2)3)10-17-22(28)26-24(30)27(23(17)29)19-9-14(4)7-8-15(19)5/h7-13H,6H2,1-5H3,(H,26,28,30)/b17-10+.